The Bertz CT molecular complexity index is 844. The molecule has 0 spiro atoms. The lowest BCUT2D eigenvalue weighted by atomic mass is 10.3. The smallest absolute Gasteiger partial charge is 0.263 e. The van der Waals surface area contributed by atoms with Gasteiger partial charge in [0.15, 0.2) is 0 Å². The minimum absolute atomic E-state index is 0.00835. The predicted molar refractivity (Wildman–Crippen MR) is 77.3 cm³/mol. The molecule has 2 rings (SSSR count). The molecule has 0 atom stereocenters. The number of aromatic nitrogens is 1. The van der Waals surface area contributed by atoms with Crippen molar-refractivity contribution in [1.29, 1.82) is 0 Å². The van der Waals surface area contributed by atoms with Gasteiger partial charge in [0, 0.05) is 11.9 Å². The standard InChI is InChI=1S/C11H12N4O4S2/c12-8-1-3-9(4-2-8)21(18,19)15-11-6-5-10(7-14-11)20(13,16)17/h1-7H,12H2,(H,14,15)(H2,13,16,17). The molecular weight excluding hydrogens is 316 g/mol. The molecule has 2 aromatic rings. The van der Waals surface area contributed by atoms with Crippen molar-refractivity contribution in [1.82, 2.24) is 4.98 Å². The molecule has 1 heterocycles. The van der Waals surface area contributed by atoms with Crippen molar-refractivity contribution in [3.8, 4) is 0 Å². The number of nitrogen functional groups attached to an aromatic ring is 1. The molecule has 0 aliphatic rings. The van der Waals surface area contributed by atoms with Crippen LogP contribution in [-0.4, -0.2) is 21.8 Å². The molecule has 112 valence electrons. The number of hydrogen-bond donors (Lipinski definition) is 3. The maximum atomic E-state index is 12.1. The molecule has 0 aliphatic heterocycles. The van der Waals surface area contributed by atoms with Gasteiger partial charge < -0.3 is 5.73 Å². The molecule has 0 saturated carbocycles. The highest BCUT2D eigenvalue weighted by Gasteiger charge is 2.15. The van der Waals surface area contributed by atoms with E-state index in [0.29, 0.717) is 5.69 Å². The Kier molecular flexibility index (Phi) is 3.85. The third-order valence-corrected chi connectivity index (χ3v) is 4.76. The SMILES string of the molecule is Nc1ccc(S(=O)(=O)Nc2ccc(S(N)(=O)=O)cn2)cc1. The van der Waals surface area contributed by atoms with Gasteiger partial charge in [-0.05, 0) is 36.4 Å². The van der Waals surface area contributed by atoms with Crippen molar-refractivity contribution >= 4 is 31.6 Å². The number of hydrogen-bond acceptors (Lipinski definition) is 6. The average Bonchev–Trinajstić information content (AvgIpc) is 2.38. The molecular formula is C11H12N4O4S2. The van der Waals surface area contributed by atoms with Crippen molar-refractivity contribution in [2.24, 2.45) is 5.14 Å². The molecule has 21 heavy (non-hydrogen) atoms. The normalized spacial score (nSPS) is 12.0. The van der Waals surface area contributed by atoms with Crippen molar-refractivity contribution in [2.75, 3.05) is 10.5 Å². The number of pyridine rings is 1. The summed E-state index contributed by atoms with van der Waals surface area (Å²) in [6.45, 7) is 0. The van der Waals surface area contributed by atoms with E-state index in [4.69, 9.17) is 10.9 Å². The van der Waals surface area contributed by atoms with Crippen LogP contribution in [0.4, 0.5) is 11.5 Å². The van der Waals surface area contributed by atoms with E-state index in [-0.39, 0.29) is 15.6 Å². The second-order valence-corrected chi connectivity index (χ2v) is 7.34. The fourth-order valence-corrected chi connectivity index (χ4v) is 2.92. The molecule has 5 N–H and O–H groups in total. The predicted octanol–water partition coefficient (Wildman–Crippen LogP) is 0.112. The first kappa shape index (κ1) is 15.2. The summed E-state index contributed by atoms with van der Waals surface area (Å²) in [4.78, 5) is 3.50. The zero-order valence-electron chi connectivity index (χ0n) is 10.6. The third-order valence-electron chi connectivity index (χ3n) is 2.49. The number of benzene rings is 1. The number of rotatable bonds is 4. The van der Waals surface area contributed by atoms with Crippen LogP contribution in [0.1, 0.15) is 0 Å². The highest BCUT2D eigenvalue weighted by Crippen LogP contribution is 2.16. The minimum atomic E-state index is -3.87. The van der Waals surface area contributed by atoms with Crippen LogP contribution in [0.15, 0.2) is 52.4 Å². The van der Waals surface area contributed by atoms with Gasteiger partial charge >= 0.3 is 0 Å². The number of nitrogens with one attached hydrogen (secondary N) is 1. The van der Waals surface area contributed by atoms with Crippen molar-refractivity contribution in [2.45, 2.75) is 9.79 Å². The number of nitrogens with two attached hydrogens (primary N) is 2. The lowest BCUT2D eigenvalue weighted by molar-refractivity contribution is 0.597. The van der Waals surface area contributed by atoms with E-state index in [9.17, 15) is 16.8 Å². The zero-order valence-corrected chi connectivity index (χ0v) is 12.2. The van der Waals surface area contributed by atoms with E-state index in [1.54, 1.807) is 0 Å². The average molecular weight is 328 g/mol. The Morgan fingerprint density at radius 1 is 0.905 bits per heavy atom. The summed E-state index contributed by atoms with van der Waals surface area (Å²) in [6.07, 6.45) is 0.968. The summed E-state index contributed by atoms with van der Waals surface area (Å²) in [5.74, 6) is -0.0285. The topological polar surface area (TPSA) is 145 Å². The van der Waals surface area contributed by atoms with Crippen LogP contribution in [0.2, 0.25) is 0 Å². The van der Waals surface area contributed by atoms with E-state index < -0.39 is 20.0 Å². The number of anilines is 2. The molecule has 0 fully saturated rings. The van der Waals surface area contributed by atoms with Gasteiger partial charge in [0.2, 0.25) is 10.0 Å². The highest BCUT2D eigenvalue weighted by atomic mass is 32.2. The number of nitrogens with zero attached hydrogens (tertiary/aromatic N) is 1. The summed E-state index contributed by atoms with van der Waals surface area (Å²) in [6, 6.07) is 7.95. The third kappa shape index (κ3) is 3.68. The molecule has 0 unspecified atom stereocenters. The quantitative estimate of drug-likeness (QED) is 0.679. The van der Waals surface area contributed by atoms with Gasteiger partial charge in [0.25, 0.3) is 10.0 Å². The van der Waals surface area contributed by atoms with Crippen molar-refractivity contribution < 1.29 is 16.8 Å². The van der Waals surface area contributed by atoms with Gasteiger partial charge in [-0.15, -0.1) is 0 Å². The van der Waals surface area contributed by atoms with Gasteiger partial charge in [0.1, 0.15) is 10.7 Å². The molecule has 8 nitrogen and oxygen atoms in total. The van der Waals surface area contributed by atoms with Crippen LogP contribution in [0.5, 0.6) is 0 Å². The lowest BCUT2D eigenvalue weighted by Gasteiger charge is -2.07. The Morgan fingerprint density at radius 3 is 1.95 bits per heavy atom. The van der Waals surface area contributed by atoms with E-state index in [1.165, 1.54) is 30.3 Å². The minimum Gasteiger partial charge on any atom is -0.399 e. The molecule has 1 aromatic carbocycles. The van der Waals surface area contributed by atoms with E-state index in [1.807, 2.05) is 0 Å². The van der Waals surface area contributed by atoms with E-state index in [0.717, 1.165) is 12.3 Å². The monoisotopic (exact) mass is 328 g/mol. The maximum absolute atomic E-state index is 12.1. The van der Waals surface area contributed by atoms with Gasteiger partial charge in [-0.2, -0.15) is 0 Å². The van der Waals surface area contributed by atoms with Gasteiger partial charge in [-0.1, -0.05) is 0 Å². The lowest BCUT2D eigenvalue weighted by Crippen LogP contribution is -2.15. The van der Waals surface area contributed by atoms with Crippen LogP contribution in [-0.2, 0) is 20.0 Å². The first-order chi connectivity index (χ1) is 9.68. The summed E-state index contributed by atoms with van der Waals surface area (Å²) in [7, 11) is -7.70. The zero-order chi connectivity index (χ0) is 15.7. The fourth-order valence-electron chi connectivity index (χ4n) is 1.45. The van der Waals surface area contributed by atoms with Crippen LogP contribution in [0.25, 0.3) is 0 Å². The second kappa shape index (κ2) is 5.31. The van der Waals surface area contributed by atoms with Crippen LogP contribution in [0, 0.1) is 0 Å². The summed E-state index contributed by atoms with van der Waals surface area (Å²) < 4.78 is 48.5. The molecule has 0 radical (unpaired) electrons. The van der Waals surface area contributed by atoms with Crippen molar-refractivity contribution in [3.63, 3.8) is 0 Å². The van der Waals surface area contributed by atoms with Gasteiger partial charge in [0.05, 0.1) is 4.90 Å². The second-order valence-electron chi connectivity index (χ2n) is 4.10. The van der Waals surface area contributed by atoms with E-state index >= 15 is 0 Å². The number of primary sulfonamides is 1. The fraction of sp³-hybridized carbons (Fsp3) is 0. The Labute approximate surface area is 121 Å². The van der Waals surface area contributed by atoms with Crippen molar-refractivity contribution in [3.05, 3.63) is 42.6 Å². The Morgan fingerprint density at radius 2 is 1.48 bits per heavy atom. The van der Waals surface area contributed by atoms with Crippen LogP contribution >= 0.6 is 0 Å². The Balaban J connectivity index is 2.27. The number of sulfonamides is 2. The summed E-state index contributed by atoms with van der Waals surface area (Å²) >= 11 is 0. The van der Waals surface area contributed by atoms with Crippen LogP contribution < -0.4 is 15.6 Å². The molecule has 1 aromatic heterocycles. The molecule has 10 heteroatoms. The van der Waals surface area contributed by atoms with E-state index in [2.05, 4.69) is 9.71 Å². The summed E-state index contributed by atoms with van der Waals surface area (Å²) in [5, 5.41) is 4.92. The maximum Gasteiger partial charge on any atom is 0.263 e. The highest BCUT2D eigenvalue weighted by molar-refractivity contribution is 7.92. The Hall–Kier alpha value is -2.17. The molecule has 0 amide bonds. The molecule has 0 aliphatic carbocycles. The van der Waals surface area contributed by atoms with Gasteiger partial charge in [-0.3, -0.25) is 4.72 Å². The largest absolute Gasteiger partial charge is 0.399 e. The molecule has 0 bridgehead atoms. The molecule has 0 saturated heterocycles. The first-order valence-electron chi connectivity index (χ1n) is 5.56. The van der Waals surface area contributed by atoms with Crippen LogP contribution in [0.3, 0.4) is 0 Å². The first-order valence-corrected chi connectivity index (χ1v) is 8.59. The summed E-state index contributed by atoms with van der Waals surface area (Å²) in [5.41, 5.74) is 5.92. The van der Waals surface area contributed by atoms with Gasteiger partial charge in [-0.25, -0.2) is 27.0 Å².